The molecule has 0 saturated heterocycles. The number of amides is 1. The van der Waals surface area contributed by atoms with Crippen LogP contribution in [0.1, 0.15) is 21.6 Å². The fourth-order valence-corrected chi connectivity index (χ4v) is 2.78. The minimum atomic E-state index is -0.258. The number of methoxy groups -OCH3 is 1. The largest absolute Gasteiger partial charge is 0.496 e. The molecule has 1 aromatic heterocycles. The van der Waals surface area contributed by atoms with Crippen LogP contribution in [0.5, 0.6) is 5.75 Å². The van der Waals surface area contributed by atoms with E-state index in [2.05, 4.69) is 20.8 Å². The molecule has 0 aliphatic carbocycles. The highest BCUT2D eigenvalue weighted by molar-refractivity contribution is 6.30. The zero-order valence-corrected chi connectivity index (χ0v) is 16.2. The molecule has 144 valence electrons. The summed E-state index contributed by atoms with van der Waals surface area (Å²) in [4.78, 5) is 12.2. The zero-order valence-electron chi connectivity index (χ0n) is 15.5. The molecule has 7 heteroatoms. The van der Waals surface area contributed by atoms with E-state index in [9.17, 15) is 4.79 Å². The molecule has 0 aliphatic heterocycles. The summed E-state index contributed by atoms with van der Waals surface area (Å²) in [5, 5.41) is 14.8. The van der Waals surface area contributed by atoms with Crippen LogP contribution in [0.15, 0.2) is 60.7 Å². The molecule has 0 unspecified atom stereocenters. The molecule has 0 atom stereocenters. The molecule has 28 heavy (non-hydrogen) atoms. The highest BCUT2D eigenvalue weighted by atomic mass is 35.5. The lowest BCUT2D eigenvalue weighted by Gasteiger charge is -2.09. The van der Waals surface area contributed by atoms with Crippen LogP contribution in [0.3, 0.4) is 0 Å². The van der Waals surface area contributed by atoms with Gasteiger partial charge in [-0.05, 0) is 47.9 Å². The van der Waals surface area contributed by atoms with Crippen molar-refractivity contribution >= 4 is 23.3 Å². The van der Waals surface area contributed by atoms with Gasteiger partial charge in [0.2, 0.25) is 0 Å². The summed E-state index contributed by atoms with van der Waals surface area (Å²) < 4.78 is 5.31. The minimum Gasteiger partial charge on any atom is -0.496 e. The van der Waals surface area contributed by atoms with Gasteiger partial charge in [0.1, 0.15) is 11.6 Å². The molecule has 1 heterocycles. The van der Waals surface area contributed by atoms with Crippen molar-refractivity contribution in [3.63, 3.8) is 0 Å². The van der Waals surface area contributed by atoms with Gasteiger partial charge in [-0.3, -0.25) is 4.79 Å². The van der Waals surface area contributed by atoms with E-state index in [-0.39, 0.29) is 11.6 Å². The number of benzene rings is 2. The standard InChI is InChI=1S/C21H21ClN4O2/c1-28-19-5-3-2-4-16(19)12-13-23-21(27)18-10-11-20(26-25-18)24-14-15-6-8-17(22)9-7-15/h2-11H,12-14H2,1H3,(H,23,27)(H,24,26). The number of rotatable bonds is 8. The Morgan fingerprint density at radius 2 is 1.82 bits per heavy atom. The average Bonchev–Trinajstić information content (AvgIpc) is 2.74. The fourth-order valence-electron chi connectivity index (χ4n) is 2.65. The van der Waals surface area contributed by atoms with Gasteiger partial charge in [-0.1, -0.05) is 41.9 Å². The van der Waals surface area contributed by atoms with Crippen LogP contribution in [0.25, 0.3) is 0 Å². The van der Waals surface area contributed by atoms with Gasteiger partial charge in [-0.2, -0.15) is 0 Å². The molecule has 0 aliphatic rings. The summed E-state index contributed by atoms with van der Waals surface area (Å²) in [5.74, 6) is 1.15. The Balaban J connectivity index is 1.48. The summed E-state index contributed by atoms with van der Waals surface area (Å²) in [6, 6.07) is 18.7. The molecule has 0 saturated carbocycles. The van der Waals surface area contributed by atoms with Crippen molar-refractivity contribution in [2.24, 2.45) is 0 Å². The smallest absolute Gasteiger partial charge is 0.271 e. The Morgan fingerprint density at radius 3 is 2.54 bits per heavy atom. The molecule has 0 spiro atoms. The third kappa shape index (κ3) is 5.44. The van der Waals surface area contributed by atoms with Crippen LogP contribution in [-0.2, 0) is 13.0 Å². The lowest BCUT2D eigenvalue weighted by atomic mass is 10.1. The van der Waals surface area contributed by atoms with E-state index in [1.54, 1.807) is 19.2 Å². The predicted molar refractivity (Wildman–Crippen MR) is 110 cm³/mol. The fraction of sp³-hybridized carbons (Fsp3) is 0.190. The van der Waals surface area contributed by atoms with Crippen molar-refractivity contribution < 1.29 is 9.53 Å². The van der Waals surface area contributed by atoms with Gasteiger partial charge in [-0.15, -0.1) is 10.2 Å². The maximum Gasteiger partial charge on any atom is 0.271 e. The molecule has 2 aromatic carbocycles. The molecule has 3 aromatic rings. The lowest BCUT2D eigenvalue weighted by Crippen LogP contribution is -2.27. The highest BCUT2D eigenvalue weighted by Gasteiger charge is 2.09. The number of nitrogens with zero attached hydrogens (tertiary/aromatic N) is 2. The molecule has 1 amide bonds. The Labute approximate surface area is 168 Å². The van der Waals surface area contributed by atoms with Crippen molar-refractivity contribution in [3.8, 4) is 5.75 Å². The van der Waals surface area contributed by atoms with E-state index in [1.165, 1.54) is 0 Å². The van der Waals surface area contributed by atoms with E-state index >= 15 is 0 Å². The van der Waals surface area contributed by atoms with E-state index in [4.69, 9.17) is 16.3 Å². The molecule has 6 nitrogen and oxygen atoms in total. The first kappa shape index (κ1) is 19.6. The molecular weight excluding hydrogens is 376 g/mol. The molecule has 0 bridgehead atoms. The number of carbonyl (C=O) groups is 1. The maximum absolute atomic E-state index is 12.2. The van der Waals surface area contributed by atoms with Gasteiger partial charge < -0.3 is 15.4 Å². The van der Waals surface area contributed by atoms with E-state index in [0.717, 1.165) is 16.9 Å². The van der Waals surface area contributed by atoms with Crippen molar-refractivity contribution in [3.05, 3.63) is 82.5 Å². The average molecular weight is 397 g/mol. The van der Waals surface area contributed by atoms with Gasteiger partial charge >= 0.3 is 0 Å². The Morgan fingerprint density at radius 1 is 1.04 bits per heavy atom. The van der Waals surface area contributed by atoms with Crippen LogP contribution >= 0.6 is 11.6 Å². The topological polar surface area (TPSA) is 76.1 Å². The van der Waals surface area contributed by atoms with Gasteiger partial charge in [0.25, 0.3) is 5.91 Å². The first-order valence-corrected chi connectivity index (χ1v) is 9.25. The summed E-state index contributed by atoms with van der Waals surface area (Å²) in [7, 11) is 1.63. The molecule has 0 radical (unpaired) electrons. The van der Waals surface area contributed by atoms with Crippen molar-refractivity contribution in [1.29, 1.82) is 0 Å². The Bertz CT molecular complexity index is 914. The molecule has 0 fully saturated rings. The lowest BCUT2D eigenvalue weighted by molar-refractivity contribution is 0.0948. The summed E-state index contributed by atoms with van der Waals surface area (Å²) >= 11 is 5.88. The van der Waals surface area contributed by atoms with Crippen LogP contribution in [0.2, 0.25) is 5.02 Å². The number of hydrogen-bond donors (Lipinski definition) is 2. The van der Waals surface area contributed by atoms with Crippen molar-refractivity contribution in [2.45, 2.75) is 13.0 Å². The van der Waals surface area contributed by atoms with Gasteiger partial charge in [-0.25, -0.2) is 0 Å². The Kier molecular flexibility index (Phi) is 6.81. The number of ether oxygens (including phenoxy) is 1. The summed E-state index contributed by atoms with van der Waals surface area (Å²) in [6.45, 7) is 1.08. The third-order valence-corrected chi connectivity index (χ3v) is 4.41. The number of aromatic nitrogens is 2. The second kappa shape index (κ2) is 9.71. The SMILES string of the molecule is COc1ccccc1CCNC(=O)c1ccc(NCc2ccc(Cl)cc2)nn1. The number of anilines is 1. The summed E-state index contributed by atoms with van der Waals surface area (Å²) in [5.41, 5.74) is 2.39. The van der Waals surface area contributed by atoms with Crippen molar-refractivity contribution in [1.82, 2.24) is 15.5 Å². The number of carbonyl (C=O) groups excluding carboxylic acids is 1. The van der Waals surface area contributed by atoms with E-state index < -0.39 is 0 Å². The van der Waals surface area contributed by atoms with Crippen LogP contribution < -0.4 is 15.4 Å². The molecular formula is C21H21ClN4O2. The van der Waals surface area contributed by atoms with Gasteiger partial charge in [0.15, 0.2) is 5.69 Å². The molecule has 2 N–H and O–H groups in total. The number of nitrogens with one attached hydrogen (secondary N) is 2. The highest BCUT2D eigenvalue weighted by Crippen LogP contribution is 2.17. The molecule has 3 rings (SSSR count). The predicted octanol–water partition coefficient (Wildman–Crippen LogP) is 3.72. The van der Waals surface area contributed by atoms with Crippen LogP contribution in [0.4, 0.5) is 5.82 Å². The Hall–Kier alpha value is -3.12. The van der Waals surface area contributed by atoms with Crippen LogP contribution in [-0.4, -0.2) is 29.8 Å². The number of para-hydroxylation sites is 1. The van der Waals surface area contributed by atoms with E-state index in [1.807, 2.05) is 48.5 Å². The van der Waals surface area contributed by atoms with Crippen molar-refractivity contribution in [2.75, 3.05) is 19.0 Å². The summed E-state index contributed by atoms with van der Waals surface area (Å²) in [6.07, 6.45) is 0.671. The third-order valence-electron chi connectivity index (χ3n) is 4.16. The van der Waals surface area contributed by atoms with Gasteiger partial charge in [0.05, 0.1) is 7.11 Å². The van der Waals surface area contributed by atoms with Gasteiger partial charge in [0, 0.05) is 18.1 Å². The number of hydrogen-bond acceptors (Lipinski definition) is 5. The zero-order chi connectivity index (χ0) is 19.8. The first-order valence-electron chi connectivity index (χ1n) is 8.88. The monoisotopic (exact) mass is 396 g/mol. The van der Waals surface area contributed by atoms with Crippen LogP contribution in [0, 0.1) is 0 Å². The minimum absolute atomic E-state index is 0.258. The quantitative estimate of drug-likeness (QED) is 0.606. The number of halogens is 1. The first-order chi connectivity index (χ1) is 13.7. The second-order valence-corrected chi connectivity index (χ2v) is 6.54. The normalized spacial score (nSPS) is 10.4. The maximum atomic E-state index is 12.2. The van der Waals surface area contributed by atoms with E-state index in [0.29, 0.717) is 30.4 Å². The second-order valence-electron chi connectivity index (χ2n) is 6.10.